The molecule has 34 heavy (non-hydrogen) atoms. The van der Waals surface area contributed by atoms with E-state index in [0.29, 0.717) is 0 Å². The second kappa shape index (κ2) is 6.56. The summed E-state index contributed by atoms with van der Waals surface area (Å²) in [6.45, 7) is 0. The van der Waals surface area contributed by atoms with Gasteiger partial charge in [0.15, 0.2) is 0 Å². The first kappa shape index (κ1) is 18.1. The molecule has 0 radical (unpaired) electrons. The fraction of sp³-hybridized carbons (Fsp3) is 0. The predicted octanol–water partition coefficient (Wildman–Crippen LogP) is 9.76. The zero-order chi connectivity index (χ0) is 22.2. The van der Waals surface area contributed by atoms with Gasteiger partial charge in [-0.1, -0.05) is 121 Å². The van der Waals surface area contributed by atoms with Gasteiger partial charge >= 0.3 is 0 Å². The molecule has 0 amide bonds. The highest BCUT2D eigenvalue weighted by Gasteiger charge is 2.14. The normalized spacial score (nSPS) is 12.1. The molecule has 0 aliphatic heterocycles. The minimum atomic E-state index is 1.29. The molecular formula is C34H20. The Bertz CT molecular complexity index is 1940. The fourth-order valence-electron chi connectivity index (χ4n) is 6.04. The second-order valence-electron chi connectivity index (χ2n) is 9.33. The van der Waals surface area contributed by atoms with E-state index in [9.17, 15) is 0 Å². The molecule has 0 saturated heterocycles. The smallest absolute Gasteiger partial charge is 0.00139 e. The van der Waals surface area contributed by atoms with Gasteiger partial charge in [0.05, 0.1) is 0 Å². The van der Waals surface area contributed by atoms with Crippen LogP contribution in [0.1, 0.15) is 0 Å². The fourth-order valence-corrected chi connectivity index (χ4v) is 6.04. The van der Waals surface area contributed by atoms with Crippen molar-refractivity contribution in [3.8, 4) is 0 Å². The third-order valence-corrected chi connectivity index (χ3v) is 7.56. The molecule has 0 heterocycles. The van der Waals surface area contributed by atoms with Gasteiger partial charge in [0, 0.05) is 0 Å². The molecule has 0 spiro atoms. The largest absolute Gasteiger partial charge is 0.0616 e. The topological polar surface area (TPSA) is 0 Å². The molecule has 0 atom stereocenters. The summed E-state index contributed by atoms with van der Waals surface area (Å²) in [6.07, 6.45) is 0. The zero-order valence-corrected chi connectivity index (χ0v) is 18.5. The minimum Gasteiger partial charge on any atom is -0.0616 e. The molecule has 0 aliphatic carbocycles. The quantitative estimate of drug-likeness (QED) is 0.211. The molecule has 0 N–H and O–H groups in total. The molecular weight excluding hydrogens is 408 g/mol. The van der Waals surface area contributed by atoms with Crippen molar-refractivity contribution in [2.45, 2.75) is 0 Å². The highest BCUT2D eigenvalue weighted by molar-refractivity contribution is 6.37. The van der Waals surface area contributed by atoms with Crippen LogP contribution in [-0.2, 0) is 0 Å². The third kappa shape index (κ3) is 2.32. The molecule has 0 saturated carbocycles. The Morgan fingerprint density at radius 3 is 0.853 bits per heavy atom. The van der Waals surface area contributed by atoms with E-state index in [0.717, 1.165) is 0 Å². The molecule has 0 bridgehead atoms. The third-order valence-electron chi connectivity index (χ3n) is 7.56. The van der Waals surface area contributed by atoms with Crippen molar-refractivity contribution in [2.24, 2.45) is 0 Å². The lowest BCUT2D eigenvalue weighted by atomic mass is 9.88. The summed E-state index contributed by atoms with van der Waals surface area (Å²) >= 11 is 0. The number of rotatable bonds is 0. The lowest BCUT2D eigenvalue weighted by Gasteiger charge is -2.15. The van der Waals surface area contributed by atoms with Gasteiger partial charge < -0.3 is 0 Å². The number of benzene rings is 8. The number of hydrogen-bond acceptors (Lipinski definition) is 0. The molecule has 0 aromatic heterocycles. The van der Waals surface area contributed by atoms with Gasteiger partial charge in [-0.15, -0.1) is 0 Å². The van der Waals surface area contributed by atoms with Crippen LogP contribution in [0.4, 0.5) is 0 Å². The van der Waals surface area contributed by atoms with E-state index in [1.54, 1.807) is 0 Å². The summed E-state index contributed by atoms with van der Waals surface area (Å²) in [7, 11) is 0. The van der Waals surface area contributed by atoms with Gasteiger partial charge in [-0.3, -0.25) is 0 Å². The summed E-state index contributed by atoms with van der Waals surface area (Å²) in [4.78, 5) is 0. The lowest BCUT2D eigenvalue weighted by molar-refractivity contribution is 1.78. The maximum atomic E-state index is 2.29. The SMILES string of the molecule is c1ccc2c(c1)ccc1ccc3ccc4ccc5ccc6ccc7ccccc7c6c5c4c3c12. The van der Waals surface area contributed by atoms with Gasteiger partial charge in [0.2, 0.25) is 0 Å². The van der Waals surface area contributed by atoms with E-state index in [2.05, 4.69) is 121 Å². The van der Waals surface area contributed by atoms with Gasteiger partial charge in [-0.2, -0.15) is 0 Å². The Hall–Kier alpha value is -4.42. The van der Waals surface area contributed by atoms with E-state index in [4.69, 9.17) is 0 Å². The van der Waals surface area contributed by atoms with Crippen molar-refractivity contribution in [1.29, 1.82) is 0 Å². The Balaban J connectivity index is 1.78. The van der Waals surface area contributed by atoms with E-state index in [1.165, 1.54) is 75.4 Å². The standard InChI is InChI=1S/C34H20/c1-3-7-28-21(5-1)9-11-23-13-15-25-17-19-27-20-18-26-16-14-24-12-10-22-6-2-4-8-29(22)31(24)33(26)34(27)32(25)30(23)28/h1-20H. The first-order valence-electron chi connectivity index (χ1n) is 11.9. The van der Waals surface area contributed by atoms with E-state index in [-0.39, 0.29) is 0 Å². The van der Waals surface area contributed by atoms with Gasteiger partial charge in [-0.05, 0) is 75.4 Å². The molecule has 8 aromatic rings. The number of fused-ring (bicyclic) bond motifs is 13. The van der Waals surface area contributed by atoms with Crippen LogP contribution in [0.25, 0.3) is 75.4 Å². The van der Waals surface area contributed by atoms with Crippen molar-refractivity contribution in [1.82, 2.24) is 0 Å². The van der Waals surface area contributed by atoms with Crippen molar-refractivity contribution in [3.05, 3.63) is 121 Å². The molecule has 0 fully saturated rings. The summed E-state index contributed by atoms with van der Waals surface area (Å²) < 4.78 is 0. The Kier molecular flexibility index (Phi) is 3.48. The van der Waals surface area contributed by atoms with Crippen LogP contribution >= 0.6 is 0 Å². The van der Waals surface area contributed by atoms with Crippen LogP contribution in [-0.4, -0.2) is 0 Å². The summed E-state index contributed by atoms with van der Waals surface area (Å²) in [5, 5.41) is 18.5. The second-order valence-corrected chi connectivity index (χ2v) is 9.33. The van der Waals surface area contributed by atoms with Crippen LogP contribution in [0.2, 0.25) is 0 Å². The molecule has 8 aromatic carbocycles. The molecule has 8 rings (SSSR count). The Morgan fingerprint density at radius 2 is 0.471 bits per heavy atom. The number of hydrogen-bond donors (Lipinski definition) is 0. The molecule has 0 nitrogen and oxygen atoms in total. The summed E-state index contributed by atoms with van der Waals surface area (Å²) in [5.41, 5.74) is 0. The van der Waals surface area contributed by atoms with Crippen molar-refractivity contribution >= 4 is 75.4 Å². The van der Waals surface area contributed by atoms with Crippen LogP contribution in [0.5, 0.6) is 0 Å². The molecule has 0 unspecified atom stereocenters. The summed E-state index contributed by atoms with van der Waals surface area (Å²) in [5.74, 6) is 0. The first-order valence-corrected chi connectivity index (χ1v) is 11.9. The molecule has 156 valence electrons. The molecule has 0 aliphatic rings. The van der Waals surface area contributed by atoms with E-state index >= 15 is 0 Å². The van der Waals surface area contributed by atoms with Crippen molar-refractivity contribution in [3.63, 3.8) is 0 Å². The zero-order valence-electron chi connectivity index (χ0n) is 18.5. The predicted molar refractivity (Wildman–Crippen MR) is 149 cm³/mol. The lowest BCUT2D eigenvalue weighted by Crippen LogP contribution is -1.87. The van der Waals surface area contributed by atoms with Gasteiger partial charge in [0.1, 0.15) is 0 Å². The minimum absolute atomic E-state index is 1.29. The van der Waals surface area contributed by atoms with Crippen molar-refractivity contribution in [2.75, 3.05) is 0 Å². The Morgan fingerprint density at radius 1 is 0.206 bits per heavy atom. The van der Waals surface area contributed by atoms with Crippen LogP contribution in [0.15, 0.2) is 121 Å². The summed E-state index contributed by atoms with van der Waals surface area (Å²) in [6, 6.07) is 44.9. The average molecular weight is 429 g/mol. The first-order chi connectivity index (χ1) is 16.9. The van der Waals surface area contributed by atoms with Crippen LogP contribution in [0, 0.1) is 0 Å². The highest BCUT2D eigenvalue weighted by atomic mass is 14.2. The van der Waals surface area contributed by atoms with E-state index < -0.39 is 0 Å². The van der Waals surface area contributed by atoms with E-state index in [1.807, 2.05) is 0 Å². The molecule has 0 heteroatoms. The van der Waals surface area contributed by atoms with Gasteiger partial charge in [0.25, 0.3) is 0 Å². The van der Waals surface area contributed by atoms with Gasteiger partial charge in [-0.25, -0.2) is 0 Å². The maximum absolute atomic E-state index is 2.29. The monoisotopic (exact) mass is 428 g/mol. The van der Waals surface area contributed by atoms with Crippen LogP contribution < -0.4 is 0 Å². The average Bonchev–Trinajstić information content (AvgIpc) is 2.91. The highest BCUT2D eigenvalue weighted by Crippen LogP contribution is 2.42. The maximum Gasteiger partial charge on any atom is -0.00139 e. The Labute approximate surface area is 196 Å². The van der Waals surface area contributed by atoms with Crippen molar-refractivity contribution < 1.29 is 0 Å². The van der Waals surface area contributed by atoms with Crippen LogP contribution in [0.3, 0.4) is 0 Å².